The number of hydrogen-bond acceptors (Lipinski definition) is 5. The van der Waals surface area contributed by atoms with Crippen LogP contribution in [0, 0.1) is 31.9 Å². The Morgan fingerprint density at radius 3 is 2.14 bits per heavy atom. The van der Waals surface area contributed by atoms with Crippen molar-refractivity contribution in [2.75, 3.05) is 0 Å². The van der Waals surface area contributed by atoms with Crippen LogP contribution in [0.2, 0.25) is 0 Å². The minimum absolute atomic E-state index is 0.297. The standard InChI is InChI=1S/C12H6F2N2O5/c13-7-3-9(16(19)20)5-10(4-7)21-12-2-1-8(15(17)18)6-11(12)14/h1-6H. The minimum atomic E-state index is -1.05. The van der Waals surface area contributed by atoms with Crippen molar-refractivity contribution >= 4 is 11.4 Å². The molecule has 0 aromatic heterocycles. The maximum absolute atomic E-state index is 13.6. The van der Waals surface area contributed by atoms with Crippen molar-refractivity contribution in [2.24, 2.45) is 0 Å². The topological polar surface area (TPSA) is 95.5 Å². The van der Waals surface area contributed by atoms with Crippen molar-refractivity contribution in [1.29, 1.82) is 0 Å². The third-order valence-electron chi connectivity index (χ3n) is 2.42. The lowest BCUT2D eigenvalue weighted by Crippen LogP contribution is -1.94. The number of nitrogens with zero attached hydrogens (tertiary/aromatic N) is 2. The molecule has 0 spiro atoms. The lowest BCUT2D eigenvalue weighted by molar-refractivity contribution is -0.385. The zero-order valence-electron chi connectivity index (χ0n) is 10.2. The Hall–Kier alpha value is -3.10. The molecule has 0 aliphatic carbocycles. The van der Waals surface area contributed by atoms with Crippen LogP contribution in [0.4, 0.5) is 20.2 Å². The van der Waals surface area contributed by atoms with E-state index in [9.17, 15) is 29.0 Å². The molecule has 0 radical (unpaired) electrons. The van der Waals surface area contributed by atoms with Crippen LogP contribution in [0.1, 0.15) is 0 Å². The number of hydrogen-bond donors (Lipinski definition) is 0. The number of nitro benzene ring substituents is 2. The summed E-state index contributed by atoms with van der Waals surface area (Å²) in [5.74, 6) is -2.69. The predicted octanol–water partition coefficient (Wildman–Crippen LogP) is 3.57. The van der Waals surface area contributed by atoms with Crippen LogP contribution in [-0.2, 0) is 0 Å². The molecule has 9 heteroatoms. The Kier molecular flexibility index (Phi) is 3.74. The molecule has 0 bridgehead atoms. The Morgan fingerprint density at radius 2 is 1.57 bits per heavy atom. The maximum Gasteiger partial charge on any atom is 0.276 e. The Balaban J connectivity index is 2.34. The summed E-state index contributed by atoms with van der Waals surface area (Å²) in [7, 11) is 0. The van der Waals surface area contributed by atoms with E-state index in [4.69, 9.17) is 4.74 Å². The molecule has 2 aromatic rings. The van der Waals surface area contributed by atoms with Crippen LogP contribution >= 0.6 is 0 Å². The Labute approximate surface area is 115 Å². The normalized spacial score (nSPS) is 10.2. The van der Waals surface area contributed by atoms with Gasteiger partial charge in [-0.15, -0.1) is 0 Å². The van der Waals surface area contributed by atoms with Gasteiger partial charge in [-0.3, -0.25) is 20.2 Å². The average molecular weight is 296 g/mol. The SMILES string of the molecule is O=[N+]([O-])c1cc(F)cc(Oc2ccc([N+](=O)[O-])cc2F)c1. The van der Waals surface area contributed by atoms with Crippen LogP contribution in [0.5, 0.6) is 11.5 Å². The predicted molar refractivity (Wildman–Crippen MR) is 66.2 cm³/mol. The van der Waals surface area contributed by atoms with Gasteiger partial charge in [-0.05, 0) is 6.07 Å². The molecule has 0 saturated heterocycles. The maximum atomic E-state index is 13.6. The fourth-order valence-corrected chi connectivity index (χ4v) is 1.53. The van der Waals surface area contributed by atoms with E-state index in [1.165, 1.54) is 0 Å². The summed E-state index contributed by atoms with van der Waals surface area (Å²) in [6.45, 7) is 0. The molecule has 108 valence electrons. The van der Waals surface area contributed by atoms with Gasteiger partial charge in [-0.2, -0.15) is 0 Å². The van der Waals surface area contributed by atoms with E-state index >= 15 is 0 Å². The highest BCUT2D eigenvalue weighted by atomic mass is 19.1. The van der Waals surface area contributed by atoms with Gasteiger partial charge in [-0.1, -0.05) is 0 Å². The molecule has 0 unspecified atom stereocenters. The molecule has 0 amide bonds. The van der Waals surface area contributed by atoms with E-state index in [-0.39, 0.29) is 5.75 Å². The molecular weight excluding hydrogens is 290 g/mol. The van der Waals surface area contributed by atoms with Gasteiger partial charge < -0.3 is 4.74 Å². The van der Waals surface area contributed by atoms with Gasteiger partial charge in [0.25, 0.3) is 11.4 Å². The highest BCUT2D eigenvalue weighted by molar-refractivity contribution is 5.43. The third-order valence-corrected chi connectivity index (χ3v) is 2.42. The Bertz CT molecular complexity index is 736. The quantitative estimate of drug-likeness (QED) is 0.634. The largest absolute Gasteiger partial charge is 0.454 e. The van der Waals surface area contributed by atoms with Crippen LogP contribution < -0.4 is 4.74 Å². The van der Waals surface area contributed by atoms with E-state index < -0.39 is 38.6 Å². The van der Waals surface area contributed by atoms with E-state index in [0.717, 1.165) is 24.3 Å². The number of nitro groups is 2. The van der Waals surface area contributed by atoms with E-state index in [1.807, 2.05) is 0 Å². The number of rotatable bonds is 4. The molecular formula is C12H6F2N2O5. The molecule has 0 aliphatic heterocycles. The summed E-state index contributed by atoms with van der Waals surface area (Å²) in [6.07, 6.45) is 0. The van der Waals surface area contributed by atoms with E-state index in [1.54, 1.807) is 0 Å². The molecule has 0 aliphatic rings. The van der Waals surface area contributed by atoms with Gasteiger partial charge in [0.15, 0.2) is 11.6 Å². The highest BCUT2D eigenvalue weighted by Gasteiger charge is 2.15. The molecule has 0 heterocycles. The first-order valence-corrected chi connectivity index (χ1v) is 5.43. The van der Waals surface area contributed by atoms with Crippen molar-refractivity contribution in [3.05, 3.63) is 68.3 Å². The lowest BCUT2D eigenvalue weighted by Gasteiger charge is -2.06. The van der Waals surface area contributed by atoms with Crippen LogP contribution in [0.3, 0.4) is 0 Å². The molecule has 2 rings (SSSR count). The van der Waals surface area contributed by atoms with Gasteiger partial charge in [0.1, 0.15) is 11.6 Å². The van der Waals surface area contributed by atoms with Crippen LogP contribution in [0.15, 0.2) is 36.4 Å². The second-order valence-corrected chi connectivity index (χ2v) is 3.88. The smallest absolute Gasteiger partial charge is 0.276 e. The zero-order valence-corrected chi connectivity index (χ0v) is 10.2. The first-order chi connectivity index (χ1) is 9.86. The summed E-state index contributed by atoms with van der Waals surface area (Å²) >= 11 is 0. The molecule has 21 heavy (non-hydrogen) atoms. The molecule has 0 N–H and O–H groups in total. The van der Waals surface area contributed by atoms with Crippen molar-refractivity contribution in [3.63, 3.8) is 0 Å². The summed E-state index contributed by atoms with van der Waals surface area (Å²) < 4.78 is 31.8. The molecule has 0 atom stereocenters. The van der Waals surface area contributed by atoms with Gasteiger partial charge in [0.2, 0.25) is 0 Å². The first-order valence-electron chi connectivity index (χ1n) is 5.43. The molecule has 0 saturated carbocycles. The number of non-ortho nitro benzene ring substituents is 2. The Morgan fingerprint density at radius 1 is 0.905 bits per heavy atom. The monoisotopic (exact) mass is 296 g/mol. The summed E-state index contributed by atoms with van der Waals surface area (Å²) in [5, 5.41) is 21.0. The van der Waals surface area contributed by atoms with Crippen LogP contribution in [-0.4, -0.2) is 9.85 Å². The number of benzene rings is 2. The van der Waals surface area contributed by atoms with Crippen molar-refractivity contribution < 1.29 is 23.4 Å². The summed E-state index contributed by atoms with van der Waals surface area (Å²) in [6, 6.07) is 5.01. The van der Waals surface area contributed by atoms with E-state index in [2.05, 4.69) is 0 Å². The van der Waals surface area contributed by atoms with E-state index in [0.29, 0.717) is 12.1 Å². The second-order valence-electron chi connectivity index (χ2n) is 3.88. The summed E-state index contributed by atoms with van der Waals surface area (Å²) in [5.41, 5.74) is -1.04. The average Bonchev–Trinajstić information content (AvgIpc) is 2.40. The van der Waals surface area contributed by atoms with Gasteiger partial charge in [-0.25, -0.2) is 8.78 Å². The second kappa shape index (κ2) is 5.49. The third kappa shape index (κ3) is 3.26. The number of halogens is 2. The van der Waals surface area contributed by atoms with Gasteiger partial charge >= 0.3 is 0 Å². The first kappa shape index (κ1) is 14.3. The molecule has 0 fully saturated rings. The highest BCUT2D eigenvalue weighted by Crippen LogP contribution is 2.30. The van der Waals surface area contributed by atoms with Crippen molar-refractivity contribution in [2.45, 2.75) is 0 Å². The van der Waals surface area contributed by atoms with Crippen molar-refractivity contribution in [1.82, 2.24) is 0 Å². The van der Waals surface area contributed by atoms with Gasteiger partial charge in [0, 0.05) is 12.1 Å². The fourth-order valence-electron chi connectivity index (χ4n) is 1.53. The lowest BCUT2D eigenvalue weighted by atomic mass is 10.2. The molecule has 7 nitrogen and oxygen atoms in total. The zero-order chi connectivity index (χ0) is 15.6. The van der Waals surface area contributed by atoms with Crippen molar-refractivity contribution in [3.8, 4) is 11.5 Å². The minimum Gasteiger partial charge on any atom is -0.454 e. The fraction of sp³-hybridized carbons (Fsp3) is 0. The van der Waals surface area contributed by atoms with Gasteiger partial charge in [0.05, 0.1) is 28.0 Å². The molecule has 2 aromatic carbocycles. The number of ether oxygens (including phenoxy) is 1. The van der Waals surface area contributed by atoms with Crippen LogP contribution in [0.25, 0.3) is 0 Å². The summed E-state index contributed by atoms with van der Waals surface area (Å²) in [4.78, 5) is 19.4.